The van der Waals surface area contributed by atoms with Gasteiger partial charge in [0.1, 0.15) is 5.69 Å². The zero-order chi connectivity index (χ0) is 27.2. The molecule has 1 aliphatic rings. The van der Waals surface area contributed by atoms with Crippen molar-refractivity contribution in [2.75, 3.05) is 0 Å². The van der Waals surface area contributed by atoms with Crippen molar-refractivity contribution in [3.63, 3.8) is 0 Å². The molecule has 5 aromatic rings. The van der Waals surface area contributed by atoms with Gasteiger partial charge < -0.3 is 14.0 Å². The van der Waals surface area contributed by atoms with E-state index >= 15 is 0 Å². The van der Waals surface area contributed by atoms with E-state index in [2.05, 4.69) is 75.1 Å². The maximum atomic E-state index is 6.68. The molecule has 6 rings (SSSR count). The van der Waals surface area contributed by atoms with Gasteiger partial charge in [-0.25, -0.2) is 4.98 Å². The highest BCUT2D eigenvalue weighted by Gasteiger charge is 2.51. The summed E-state index contributed by atoms with van der Waals surface area (Å²) in [6, 6.07) is 30.6. The van der Waals surface area contributed by atoms with E-state index in [9.17, 15) is 0 Å². The summed E-state index contributed by atoms with van der Waals surface area (Å²) in [6.07, 6.45) is 1.44. The van der Waals surface area contributed by atoms with Gasteiger partial charge in [0, 0.05) is 18.6 Å². The number of aryl methyl sites for hydroxylation is 1. The second-order valence-corrected chi connectivity index (χ2v) is 11.0. The molecule has 3 heterocycles. The van der Waals surface area contributed by atoms with Gasteiger partial charge in [0.15, 0.2) is 6.10 Å². The van der Waals surface area contributed by atoms with E-state index in [0.29, 0.717) is 5.88 Å². The summed E-state index contributed by atoms with van der Waals surface area (Å²) < 4.78 is 21.2. The fraction of sp³-hybridized carbons (Fsp3) is 0.250. The zero-order valence-electron chi connectivity index (χ0n) is 23.0. The molecular weight excluding hydrogens is 485 g/mol. The van der Waals surface area contributed by atoms with Crippen LogP contribution in [0.3, 0.4) is 0 Å². The van der Waals surface area contributed by atoms with Crippen LogP contribution in [-0.4, -0.2) is 33.1 Å². The predicted octanol–water partition coefficient (Wildman–Crippen LogP) is 6.10. The third-order valence-electron chi connectivity index (χ3n) is 7.86. The third-order valence-corrected chi connectivity index (χ3v) is 7.86. The van der Waals surface area contributed by atoms with Crippen LogP contribution in [0.5, 0.6) is 5.88 Å². The van der Waals surface area contributed by atoms with Crippen molar-refractivity contribution >= 4 is 23.5 Å². The summed E-state index contributed by atoms with van der Waals surface area (Å²) in [6.45, 7) is 8.26. The average Bonchev–Trinajstić information content (AvgIpc) is 3.39. The molecule has 0 saturated carbocycles. The fourth-order valence-electron chi connectivity index (χ4n) is 4.96. The summed E-state index contributed by atoms with van der Waals surface area (Å²) in [5, 5.41) is 5.92. The van der Waals surface area contributed by atoms with Crippen LogP contribution in [0.4, 0.5) is 0 Å². The predicted molar refractivity (Wildman–Crippen MR) is 155 cm³/mol. The van der Waals surface area contributed by atoms with Gasteiger partial charge in [-0.1, -0.05) is 72.8 Å². The van der Waals surface area contributed by atoms with Gasteiger partial charge in [0.2, 0.25) is 5.88 Å². The smallest absolute Gasteiger partial charge is 0.464 e. The minimum absolute atomic E-state index is 0.314. The molecule has 2 aromatic heterocycles. The van der Waals surface area contributed by atoms with Gasteiger partial charge in [-0.3, -0.25) is 4.68 Å². The first kappa shape index (κ1) is 25.3. The molecule has 0 bridgehead atoms. The summed E-state index contributed by atoms with van der Waals surface area (Å²) in [7, 11) is 1.51. The fourth-order valence-corrected chi connectivity index (χ4v) is 4.96. The summed E-state index contributed by atoms with van der Waals surface area (Å²) in [5.74, 6) is 0.533. The number of rotatable bonds is 6. The van der Waals surface area contributed by atoms with Crippen LogP contribution in [0.1, 0.15) is 44.9 Å². The average molecular weight is 517 g/mol. The molecule has 7 heteroatoms. The number of hydrogen-bond acceptors (Lipinski definition) is 5. The van der Waals surface area contributed by atoms with Crippen LogP contribution >= 0.6 is 0 Å². The van der Waals surface area contributed by atoms with Crippen molar-refractivity contribution < 1.29 is 14.0 Å². The third kappa shape index (κ3) is 4.62. The van der Waals surface area contributed by atoms with Crippen molar-refractivity contribution in [3.8, 4) is 17.1 Å². The minimum Gasteiger partial charge on any atom is -0.464 e. The SMILES string of the molecule is Cn1nc(-c2cccnc2OC(c2ccccc2)c2ccccc2)c2ccc(B3OC(C)(C)C(C)(C)O3)cc21. The van der Waals surface area contributed by atoms with E-state index in [1.54, 1.807) is 6.20 Å². The maximum absolute atomic E-state index is 6.68. The molecule has 3 aromatic carbocycles. The molecule has 0 spiro atoms. The molecule has 0 unspecified atom stereocenters. The quantitative estimate of drug-likeness (QED) is 0.255. The molecule has 1 saturated heterocycles. The van der Waals surface area contributed by atoms with Gasteiger partial charge in [-0.05, 0) is 62.5 Å². The highest BCUT2D eigenvalue weighted by molar-refractivity contribution is 6.62. The van der Waals surface area contributed by atoms with Gasteiger partial charge in [0.05, 0.1) is 22.3 Å². The molecular formula is C32H32BN3O3. The maximum Gasteiger partial charge on any atom is 0.494 e. The number of benzene rings is 3. The Morgan fingerprint density at radius 2 is 1.41 bits per heavy atom. The van der Waals surface area contributed by atoms with Crippen LogP contribution in [0, 0.1) is 0 Å². The molecule has 1 fully saturated rings. The summed E-state index contributed by atoms with van der Waals surface area (Å²) in [5.41, 5.74) is 4.90. The lowest BCUT2D eigenvalue weighted by Crippen LogP contribution is -2.41. The Morgan fingerprint density at radius 3 is 2.03 bits per heavy atom. The lowest BCUT2D eigenvalue weighted by atomic mass is 9.78. The number of hydrogen-bond donors (Lipinski definition) is 0. The lowest BCUT2D eigenvalue weighted by molar-refractivity contribution is 0.00578. The van der Waals surface area contributed by atoms with Crippen LogP contribution in [0.15, 0.2) is 97.2 Å². The highest BCUT2D eigenvalue weighted by Crippen LogP contribution is 2.38. The summed E-state index contributed by atoms with van der Waals surface area (Å²) >= 11 is 0. The largest absolute Gasteiger partial charge is 0.494 e. The Bertz CT molecular complexity index is 1560. The van der Waals surface area contributed by atoms with Gasteiger partial charge >= 0.3 is 7.12 Å². The summed E-state index contributed by atoms with van der Waals surface area (Å²) in [4.78, 5) is 4.66. The van der Waals surface area contributed by atoms with Gasteiger partial charge in [-0.2, -0.15) is 5.10 Å². The van der Waals surface area contributed by atoms with Crippen molar-refractivity contribution in [2.45, 2.75) is 45.0 Å². The first-order valence-corrected chi connectivity index (χ1v) is 13.3. The first-order valence-electron chi connectivity index (χ1n) is 13.3. The normalized spacial score (nSPS) is 16.2. The van der Waals surface area contributed by atoms with Gasteiger partial charge in [0.25, 0.3) is 0 Å². The number of pyridine rings is 1. The van der Waals surface area contributed by atoms with Crippen molar-refractivity contribution in [3.05, 3.63) is 108 Å². The highest BCUT2D eigenvalue weighted by atomic mass is 16.7. The molecule has 1 aliphatic heterocycles. The molecule has 0 aliphatic carbocycles. The van der Waals surface area contributed by atoms with E-state index in [1.807, 2.05) is 60.3 Å². The number of fused-ring (bicyclic) bond motifs is 1. The van der Waals surface area contributed by atoms with Crippen LogP contribution in [0.25, 0.3) is 22.2 Å². The topological polar surface area (TPSA) is 58.4 Å². The van der Waals surface area contributed by atoms with E-state index in [0.717, 1.165) is 38.8 Å². The molecule has 0 radical (unpaired) electrons. The van der Waals surface area contributed by atoms with Crippen LogP contribution in [-0.2, 0) is 16.4 Å². The Hall–Kier alpha value is -3.94. The number of ether oxygens (including phenoxy) is 1. The zero-order valence-corrected chi connectivity index (χ0v) is 23.0. The minimum atomic E-state index is -0.437. The standard InChI is InChI=1S/C32H32BN3O3/c1-31(2)32(3,4)39-33(38-31)24-18-19-25-27(21-24)36(5)35-28(25)26-17-12-20-34-30(26)37-29(22-13-8-6-9-14-22)23-15-10-7-11-16-23/h6-21,29H,1-5H3. The molecule has 39 heavy (non-hydrogen) atoms. The lowest BCUT2D eigenvalue weighted by Gasteiger charge is -2.32. The van der Waals surface area contributed by atoms with Crippen molar-refractivity contribution in [1.82, 2.24) is 14.8 Å². The van der Waals surface area contributed by atoms with Crippen molar-refractivity contribution in [2.24, 2.45) is 7.05 Å². The van der Waals surface area contributed by atoms with Crippen LogP contribution in [0.2, 0.25) is 0 Å². The first-order chi connectivity index (χ1) is 18.7. The van der Waals surface area contributed by atoms with E-state index in [-0.39, 0.29) is 6.10 Å². The van der Waals surface area contributed by atoms with Crippen LogP contribution < -0.4 is 10.2 Å². The Labute approximate surface area is 229 Å². The van der Waals surface area contributed by atoms with Gasteiger partial charge in [-0.15, -0.1) is 0 Å². The second kappa shape index (κ2) is 9.67. The Kier molecular flexibility index (Phi) is 6.28. The van der Waals surface area contributed by atoms with E-state index in [4.69, 9.17) is 19.1 Å². The molecule has 6 nitrogen and oxygen atoms in total. The number of nitrogens with zero attached hydrogens (tertiary/aromatic N) is 3. The molecule has 0 amide bonds. The number of aromatic nitrogens is 3. The molecule has 0 atom stereocenters. The Morgan fingerprint density at radius 1 is 0.795 bits per heavy atom. The molecule has 196 valence electrons. The second-order valence-electron chi connectivity index (χ2n) is 11.0. The van der Waals surface area contributed by atoms with E-state index in [1.165, 1.54) is 0 Å². The van der Waals surface area contributed by atoms with Crippen molar-refractivity contribution in [1.29, 1.82) is 0 Å². The molecule has 0 N–H and O–H groups in total. The van der Waals surface area contributed by atoms with E-state index < -0.39 is 18.3 Å². The Balaban J connectivity index is 1.39. The monoisotopic (exact) mass is 517 g/mol.